The molecule has 1 aliphatic heterocycles. The van der Waals surface area contributed by atoms with Crippen LogP contribution in [0.1, 0.15) is 32.1 Å². The molecular formula is C13H20N4O2S. The van der Waals surface area contributed by atoms with Gasteiger partial charge in [-0.1, -0.05) is 19.3 Å². The Bertz CT molecular complexity index is 453. The molecule has 0 atom stereocenters. The molecule has 0 bridgehead atoms. The quantitative estimate of drug-likeness (QED) is 0.795. The lowest BCUT2D eigenvalue weighted by atomic mass is 9.89. The van der Waals surface area contributed by atoms with E-state index in [1.165, 1.54) is 6.42 Å². The number of thioether (sulfide) groups is 1. The van der Waals surface area contributed by atoms with Gasteiger partial charge in [0.25, 0.3) is 6.20 Å². The highest BCUT2D eigenvalue weighted by Gasteiger charge is 2.22. The largest absolute Gasteiger partial charge is 0.588 e. The molecule has 0 radical (unpaired) electrons. The highest BCUT2D eigenvalue weighted by molar-refractivity contribution is 7.99. The molecule has 3 rings (SSSR count). The lowest BCUT2D eigenvalue weighted by Gasteiger charge is -2.26. The molecule has 20 heavy (non-hydrogen) atoms. The Hall–Kier alpha value is -1.24. The molecule has 2 heterocycles. The molecule has 110 valence electrons. The van der Waals surface area contributed by atoms with Gasteiger partial charge < -0.3 is 14.6 Å². The maximum atomic E-state index is 12.1. The summed E-state index contributed by atoms with van der Waals surface area (Å²) in [7, 11) is 0. The van der Waals surface area contributed by atoms with Gasteiger partial charge in [-0.15, -0.1) is 0 Å². The highest BCUT2D eigenvalue weighted by atomic mass is 32.2. The third kappa shape index (κ3) is 3.26. The molecule has 6 nitrogen and oxygen atoms in total. The molecule has 2 aliphatic rings. The highest BCUT2D eigenvalue weighted by Crippen LogP contribution is 2.28. The molecule has 0 unspecified atom stereocenters. The Balaban J connectivity index is 1.57. The van der Waals surface area contributed by atoms with Gasteiger partial charge in [0, 0.05) is 17.4 Å². The number of nitrogens with zero attached hydrogens (tertiary/aromatic N) is 4. The Kier molecular flexibility index (Phi) is 4.44. The van der Waals surface area contributed by atoms with Crippen molar-refractivity contribution in [2.24, 2.45) is 5.92 Å². The van der Waals surface area contributed by atoms with Crippen LogP contribution in [0, 0.1) is 5.92 Å². The number of hydrogen-bond acceptors (Lipinski definition) is 5. The summed E-state index contributed by atoms with van der Waals surface area (Å²) < 4.78 is 5.16. The summed E-state index contributed by atoms with van der Waals surface area (Å²) in [6, 6.07) is 0. The minimum absolute atomic E-state index is 0.0535. The number of carbonyl (C=O) groups is 1. The lowest BCUT2D eigenvalue weighted by Crippen LogP contribution is -2.61. The summed E-state index contributed by atoms with van der Waals surface area (Å²) in [5.74, 6) is 2.52. The van der Waals surface area contributed by atoms with Gasteiger partial charge in [-0.25, -0.2) is 0 Å². The normalized spacial score (nSPS) is 20.9. The van der Waals surface area contributed by atoms with Crippen molar-refractivity contribution >= 4 is 23.6 Å². The van der Waals surface area contributed by atoms with Gasteiger partial charge in [-0.05, 0) is 12.8 Å². The molecule has 0 aromatic carbocycles. The van der Waals surface area contributed by atoms with Gasteiger partial charge in [0.05, 0.1) is 23.8 Å². The summed E-state index contributed by atoms with van der Waals surface area (Å²) in [4.78, 5) is 13.7. The van der Waals surface area contributed by atoms with E-state index in [1.807, 2.05) is 11.8 Å². The Morgan fingerprint density at radius 1 is 1.35 bits per heavy atom. The van der Waals surface area contributed by atoms with Crippen molar-refractivity contribution in [1.82, 2.24) is 5.27 Å². The van der Waals surface area contributed by atoms with Crippen LogP contribution in [0.5, 0.6) is 0 Å². The summed E-state index contributed by atoms with van der Waals surface area (Å²) >= 11 is 1.94. The molecule has 1 aromatic rings. The van der Waals surface area contributed by atoms with Crippen LogP contribution < -0.4 is 9.80 Å². The summed E-state index contributed by atoms with van der Waals surface area (Å²) in [5, 5.41) is 10.1. The Morgan fingerprint density at radius 3 is 2.85 bits per heavy atom. The second-order valence-electron chi connectivity index (χ2n) is 5.31. The van der Waals surface area contributed by atoms with E-state index in [2.05, 4.69) is 15.6 Å². The molecule has 1 saturated heterocycles. The van der Waals surface area contributed by atoms with E-state index in [0.717, 1.165) is 50.3 Å². The third-order valence-corrected chi connectivity index (χ3v) is 4.84. The predicted molar refractivity (Wildman–Crippen MR) is 76.6 cm³/mol. The second-order valence-corrected chi connectivity index (χ2v) is 6.54. The second kappa shape index (κ2) is 6.47. The van der Waals surface area contributed by atoms with Crippen LogP contribution in [0.15, 0.2) is 10.7 Å². The number of rotatable bonds is 3. The topological polar surface area (TPSA) is 64.3 Å². The number of hydrogen-bond donors (Lipinski definition) is 0. The van der Waals surface area contributed by atoms with Gasteiger partial charge in [0.1, 0.15) is 5.88 Å². The molecule has 1 saturated carbocycles. The van der Waals surface area contributed by atoms with Crippen molar-refractivity contribution in [3.8, 4) is 0 Å². The first-order valence-electron chi connectivity index (χ1n) is 7.30. The number of carbonyl (C=O) groups excluding carboxylic acids is 1. The van der Waals surface area contributed by atoms with E-state index < -0.39 is 0 Å². The molecule has 1 amide bonds. The molecule has 2 fully saturated rings. The standard InChI is InChI=1S/C13H20N4O2S/c18-13(11-4-2-1-3-5-11)14-12-10-17(15-19-12)16-6-8-20-9-7-16/h10-11H,1-9H2. The average Bonchev–Trinajstić information content (AvgIpc) is 2.97. The monoisotopic (exact) mass is 296 g/mol. The van der Waals surface area contributed by atoms with Crippen molar-refractivity contribution in [2.45, 2.75) is 32.1 Å². The molecule has 7 heteroatoms. The van der Waals surface area contributed by atoms with Crippen LogP contribution in [0.25, 0.3) is 5.32 Å². The van der Waals surface area contributed by atoms with Crippen molar-refractivity contribution in [1.29, 1.82) is 0 Å². The van der Waals surface area contributed by atoms with Crippen LogP contribution in [0.3, 0.4) is 0 Å². The van der Waals surface area contributed by atoms with Crippen molar-refractivity contribution in [2.75, 3.05) is 29.6 Å². The predicted octanol–water partition coefficient (Wildman–Crippen LogP) is 1.76. The number of amides is 1. The molecule has 1 aromatic heterocycles. The zero-order chi connectivity index (χ0) is 13.8. The summed E-state index contributed by atoms with van der Waals surface area (Å²) in [6.45, 7) is 1.88. The smallest absolute Gasteiger partial charge is 0.257 e. The zero-order valence-electron chi connectivity index (χ0n) is 11.5. The van der Waals surface area contributed by atoms with E-state index in [1.54, 1.807) is 11.0 Å². The number of aromatic nitrogens is 2. The van der Waals surface area contributed by atoms with Crippen LogP contribution in [0.4, 0.5) is 5.88 Å². The average molecular weight is 296 g/mol. The van der Waals surface area contributed by atoms with E-state index in [-0.39, 0.29) is 11.8 Å². The fraction of sp³-hybridized carbons (Fsp3) is 0.769. The minimum Gasteiger partial charge on any atom is -0.588 e. The van der Waals surface area contributed by atoms with Gasteiger partial charge in [0.15, 0.2) is 0 Å². The fourth-order valence-corrected chi connectivity index (χ4v) is 3.60. The van der Waals surface area contributed by atoms with Crippen LogP contribution >= 0.6 is 11.8 Å². The molecule has 0 N–H and O–H groups in total. The van der Waals surface area contributed by atoms with Gasteiger partial charge in [0.2, 0.25) is 5.27 Å². The van der Waals surface area contributed by atoms with E-state index in [9.17, 15) is 4.79 Å². The van der Waals surface area contributed by atoms with Crippen molar-refractivity contribution in [3.63, 3.8) is 0 Å². The molecular weight excluding hydrogens is 276 g/mol. The van der Waals surface area contributed by atoms with Crippen molar-refractivity contribution < 1.29 is 14.1 Å². The van der Waals surface area contributed by atoms with Gasteiger partial charge >= 0.3 is 0 Å². The summed E-state index contributed by atoms with van der Waals surface area (Å²) in [5.41, 5.74) is 0. The first-order chi connectivity index (χ1) is 9.83. The third-order valence-electron chi connectivity index (χ3n) is 3.90. The summed E-state index contributed by atoms with van der Waals surface area (Å²) in [6.07, 6.45) is 7.12. The van der Waals surface area contributed by atoms with Gasteiger partial charge in [-0.2, -0.15) is 16.8 Å². The van der Waals surface area contributed by atoms with E-state index >= 15 is 0 Å². The Morgan fingerprint density at radius 2 is 2.10 bits per heavy atom. The van der Waals surface area contributed by atoms with Crippen molar-refractivity contribution in [3.05, 3.63) is 11.5 Å². The Labute approximate surface area is 122 Å². The van der Waals surface area contributed by atoms with Gasteiger partial charge in [-0.3, -0.25) is 0 Å². The van der Waals surface area contributed by atoms with Crippen LogP contribution in [0.2, 0.25) is 0 Å². The van der Waals surface area contributed by atoms with E-state index in [4.69, 9.17) is 4.52 Å². The first kappa shape index (κ1) is 13.7. The zero-order valence-corrected chi connectivity index (χ0v) is 12.3. The minimum atomic E-state index is -0.0535. The molecule has 0 spiro atoms. The lowest BCUT2D eigenvalue weighted by molar-refractivity contribution is -0.757. The maximum absolute atomic E-state index is 12.1. The SMILES string of the molecule is O=C([N-]c1c[n+](N2CCSCC2)no1)C1CCCCC1. The van der Waals surface area contributed by atoms with Crippen LogP contribution in [-0.2, 0) is 4.79 Å². The first-order valence-corrected chi connectivity index (χ1v) is 8.45. The molecule has 1 aliphatic carbocycles. The fourth-order valence-electron chi connectivity index (χ4n) is 2.72. The van der Waals surface area contributed by atoms with E-state index in [0.29, 0.717) is 5.88 Å². The van der Waals surface area contributed by atoms with Crippen LogP contribution in [-0.4, -0.2) is 35.8 Å². The maximum Gasteiger partial charge on any atom is 0.257 e.